The van der Waals surface area contributed by atoms with E-state index in [-0.39, 0.29) is 12.6 Å². The van der Waals surface area contributed by atoms with Gasteiger partial charge in [-0.05, 0) is 54.1 Å². The summed E-state index contributed by atoms with van der Waals surface area (Å²) in [7, 11) is 3.12. The largest absolute Gasteiger partial charge is 0.491 e. The molecule has 0 aliphatic heterocycles. The van der Waals surface area contributed by atoms with E-state index in [4.69, 9.17) is 26.2 Å². The first-order valence-electron chi connectivity index (χ1n) is 11.7. The number of nitrogens with zero attached hydrogens (tertiary/aromatic N) is 3. The Kier molecular flexibility index (Phi) is 12.7. The number of amides is 3. The lowest BCUT2D eigenvalue weighted by atomic mass is 10.2. The topological polar surface area (TPSA) is 142 Å². The fourth-order valence-electron chi connectivity index (χ4n) is 2.95. The maximum atomic E-state index is 11.7. The minimum Gasteiger partial charge on any atom is -0.491 e. The molecular formula is C27H30ClN5O6. The van der Waals surface area contributed by atoms with Gasteiger partial charge in [-0.1, -0.05) is 30.7 Å². The van der Waals surface area contributed by atoms with Crippen molar-refractivity contribution in [2.75, 3.05) is 20.7 Å². The number of benzene rings is 2. The summed E-state index contributed by atoms with van der Waals surface area (Å²) in [6, 6.07) is 17.4. The Hall–Kier alpha value is -4.64. The van der Waals surface area contributed by atoms with Crippen molar-refractivity contribution in [1.29, 1.82) is 0 Å². The SMILES string of the molecule is CC(CN(C)C(=O)NCc1ccc(Cl)cc1)C(=O)O.COc1cccnc1Oc1ccc(N=CNC=O)cc1. The van der Waals surface area contributed by atoms with Gasteiger partial charge in [-0.15, -0.1) is 0 Å². The summed E-state index contributed by atoms with van der Waals surface area (Å²) >= 11 is 5.76. The maximum absolute atomic E-state index is 11.7. The van der Waals surface area contributed by atoms with Gasteiger partial charge in [0, 0.05) is 31.4 Å². The lowest BCUT2D eigenvalue weighted by Crippen LogP contribution is -2.40. The van der Waals surface area contributed by atoms with E-state index in [1.54, 1.807) is 75.8 Å². The number of carboxylic acid groups (broad SMARTS) is 1. The minimum absolute atomic E-state index is 0.168. The van der Waals surface area contributed by atoms with Gasteiger partial charge in [-0.3, -0.25) is 9.59 Å². The summed E-state index contributed by atoms with van der Waals surface area (Å²) in [5.41, 5.74) is 1.62. The molecule has 0 radical (unpaired) electrons. The molecule has 0 aliphatic rings. The van der Waals surface area contributed by atoms with E-state index in [1.807, 2.05) is 12.1 Å². The van der Waals surface area contributed by atoms with Crippen LogP contribution >= 0.6 is 11.6 Å². The molecule has 0 bridgehead atoms. The number of aromatic nitrogens is 1. The van der Waals surface area contributed by atoms with Crippen LogP contribution in [0.15, 0.2) is 71.9 Å². The van der Waals surface area contributed by atoms with Crippen molar-refractivity contribution in [3.8, 4) is 17.4 Å². The number of aliphatic imine (C=N–C) groups is 1. The second-order valence-corrected chi connectivity index (χ2v) is 8.49. The van der Waals surface area contributed by atoms with Crippen LogP contribution in [-0.2, 0) is 16.1 Å². The molecule has 0 spiro atoms. The first-order valence-corrected chi connectivity index (χ1v) is 12.1. The second-order valence-electron chi connectivity index (χ2n) is 8.05. The third-order valence-electron chi connectivity index (χ3n) is 5.04. The number of halogens is 1. The van der Waals surface area contributed by atoms with Crippen molar-refractivity contribution in [1.82, 2.24) is 20.5 Å². The number of nitrogens with one attached hydrogen (secondary N) is 2. The molecule has 1 heterocycles. The van der Waals surface area contributed by atoms with Gasteiger partial charge in [0.25, 0.3) is 5.88 Å². The van der Waals surface area contributed by atoms with Crippen molar-refractivity contribution in [3.05, 3.63) is 77.4 Å². The van der Waals surface area contributed by atoms with Crippen LogP contribution in [0.4, 0.5) is 10.5 Å². The number of hydrogen-bond acceptors (Lipinski definition) is 7. The first kappa shape index (κ1) is 30.6. The van der Waals surface area contributed by atoms with Gasteiger partial charge in [-0.25, -0.2) is 14.8 Å². The molecule has 3 rings (SSSR count). The molecule has 206 valence electrons. The number of carboxylic acids is 1. The summed E-state index contributed by atoms with van der Waals surface area (Å²) < 4.78 is 10.8. The van der Waals surface area contributed by atoms with E-state index in [9.17, 15) is 14.4 Å². The molecule has 3 amide bonds. The third-order valence-corrected chi connectivity index (χ3v) is 5.29. The number of urea groups is 1. The number of carbonyl (C=O) groups excluding carboxylic acids is 2. The number of methoxy groups -OCH3 is 1. The molecule has 1 aromatic heterocycles. The Bertz CT molecular complexity index is 1240. The summed E-state index contributed by atoms with van der Waals surface area (Å²) in [4.78, 5) is 42.0. The van der Waals surface area contributed by atoms with Crippen molar-refractivity contribution in [3.63, 3.8) is 0 Å². The normalized spacial score (nSPS) is 11.0. The highest BCUT2D eigenvalue weighted by Gasteiger charge is 2.17. The predicted octanol–water partition coefficient (Wildman–Crippen LogP) is 4.49. The van der Waals surface area contributed by atoms with Crippen molar-refractivity contribution >= 4 is 42.0 Å². The van der Waals surface area contributed by atoms with E-state index >= 15 is 0 Å². The molecule has 1 atom stereocenters. The average Bonchev–Trinajstić information content (AvgIpc) is 2.94. The van der Waals surface area contributed by atoms with Crippen LogP contribution in [0, 0.1) is 5.92 Å². The fourth-order valence-corrected chi connectivity index (χ4v) is 3.07. The quantitative estimate of drug-likeness (QED) is 0.180. The zero-order chi connectivity index (χ0) is 28.6. The molecule has 39 heavy (non-hydrogen) atoms. The van der Waals surface area contributed by atoms with Crippen LogP contribution in [0.3, 0.4) is 0 Å². The molecule has 11 nitrogen and oxygen atoms in total. The average molecular weight is 556 g/mol. The van der Waals surface area contributed by atoms with Crippen molar-refractivity contribution in [2.24, 2.45) is 10.9 Å². The molecule has 0 fully saturated rings. The van der Waals surface area contributed by atoms with E-state index < -0.39 is 11.9 Å². The maximum Gasteiger partial charge on any atom is 0.317 e. The standard InChI is InChI=1S/C14H13N3O3.C13H17ClN2O3/c1-19-13-3-2-8-16-14(13)20-12-6-4-11(5-7-12)17-9-15-10-18;1-9(12(17)18)8-16(2)13(19)15-7-10-3-5-11(14)6-4-10/h2-10H,1H3,(H,15,17,18);3-6,9H,7-8H2,1-2H3,(H,15,19)(H,17,18). The molecule has 1 unspecified atom stereocenters. The molecule has 2 aromatic carbocycles. The van der Waals surface area contributed by atoms with Crippen LogP contribution in [0.25, 0.3) is 0 Å². The first-order chi connectivity index (χ1) is 18.7. The molecule has 0 saturated carbocycles. The number of rotatable bonds is 11. The second kappa shape index (κ2) is 16.3. The smallest absolute Gasteiger partial charge is 0.317 e. The van der Waals surface area contributed by atoms with Gasteiger partial charge in [0.15, 0.2) is 5.75 Å². The molecular weight excluding hydrogens is 526 g/mol. The minimum atomic E-state index is -0.919. The predicted molar refractivity (Wildman–Crippen MR) is 148 cm³/mol. The van der Waals surface area contributed by atoms with Crippen LogP contribution in [0.1, 0.15) is 12.5 Å². The van der Waals surface area contributed by atoms with Crippen molar-refractivity contribution < 1.29 is 29.0 Å². The zero-order valence-corrected chi connectivity index (χ0v) is 22.5. The summed E-state index contributed by atoms with van der Waals surface area (Å²) in [5, 5.41) is 14.5. The van der Waals surface area contributed by atoms with Gasteiger partial charge < -0.3 is 30.1 Å². The lowest BCUT2D eigenvalue weighted by Gasteiger charge is -2.20. The number of aliphatic carboxylic acids is 1. The van der Waals surface area contributed by atoms with E-state index in [0.29, 0.717) is 41.0 Å². The van der Waals surface area contributed by atoms with Crippen LogP contribution in [0.5, 0.6) is 17.4 Å². The highest BCUT2D eigenvalue weighted by atomic mass is 35.5. The number of carbonyl (C=O) groups is 3. The molecule has 12 heteroatoms. The van der Waals surface area contributed by atoms with Crippen molar-refractivity contribution in [2.45, 2.75) is 13.5 Å². The Balaban J connectivity index is 0.000000274. The van der Waals surface area contributed by atoms with Gasteiger partial charge in [-0.2, -0.15) is 0 Å². The molecule has 3 aromatic rings. The number of hydrogen-bond donors (Lipinski definition) is 3. The molecule has 3 N–H and O–H groups in total. The third kappa shape index (κ3) is 11.1. The van der Waals surface area contributed by atoms with Gasteiger partial charge >= 0.3 is 12.0 Å². The lowest BCUT2D eigenvalue weighted by molar-refractivity contribution is -0.141. The fraction of sp³-hybridized carbons (Fsp3) is 0.222. The Morgan fingerprint density at radius 1 is 1.15 bits per heavy atom. The van der Waals surface area contributed by atoms with Gasteiger partial charge in [0.05, 0.1) is 25.1 Å². The Labute approximate surface area is 231 Å². The molecule has 0 saturated heterocycles. The van der Waals surface area contributed by atoms with Gasteiger partial charge in [0.1, 0.15) is 5.75 Å². The molecule has 0 aliphatic carbocycles. The summed E-state index contributed by atoms with van der Waals surface area (Å²) in [6.07, 6.45) is 3.49. The highest BCUT2D eigenvalue weighted by molar-refractivity contribution is 6.30. The zero-order valence-electron chi connectivity index (χ0n) is 21.7. The van der Waals surface area contributed by atoms with E-state index in [0.717, 1.165) is 5.56 Å². The monoisotopic (exact) mass is 555 g/mol. The summed E-state index contributed by atoms with van der Waals surface area (Å²) in [6.45, 7) is 2.11. The number of pyridine rings is 1. The summed E-state index contributed by atoms with van der Waals surface area (Å²) in [5.74, 6) is 0.0617. The van der Waals surface area contributed by atoms with E-state index in [1.165, 1.54) is 11.2 Å². The van der Waals surface area contributed by atoms with E-state index in [2.05, 4.69) is 20.6 Å². The van der Waals surface area contributed by atoms with Crippen LogP contribution in [-0.4, -0.2) is 60.4 Å². The Morgan fingerprint density at radius 3 is 2.46 bits per heavy atom. The van der Waals surface area contributed by atoms with Crippen LogP contribution < -0.4 is 20.1 Å². The van der Waals surface area contributed by atoms with Gasteiger partial charge in [0.2, 0.25) is 6.41 Å². The number of ether oxygens (including phenoxy) is 2. The highest BCUT2D eigenvalue weighted by Crippen LogP contribution is 2.29. The van der Waals surface area contributed by atoms with Crippen LogP contribution in [0.2, 0.25) is 5.02 Å². The Morgan fingerprint density at radius 2 is 1.85 bits per heavy atom.